The van der Waals surface area contributed by atoms with Crippen LogP contribution in [0.1, 0.15) is 157 Å². The topological polar surface area (TPSA) is 64.5 Å². The van der Waals surface area contributed by atoms with Gasteiger partial charge < -0.3 is 0 Å². The summed E-state index contributed by atoms with van der Waals surface area (Å²) in [6, 6.07) is 38.1. The average molecular weight is 1090 g/mol. The van der Waals surface area contributed by atoms with Gasteiger partial charge in [-0.15, -0.1) is 0 Å². The van der Waals surface area contributed by atoms with Crippen LogP contribution in [-0.4, -0.2) is 24.9 Å². The number of nitrogens with zero attached hydrogens (tertiary/aromatic N) is 5. The molecule has 5 aliphatic carbocycles. The summed E-state index contributed by atoms with van der Waals surface area (Å²) < 4.78 is 0. The second-order valence-electron chi connectivity index (χ2n) is 24.8. The highest BCUT2D eigenvalue weighted by Crippen LogP contribution is 2.43. The lowest BCUT2D eigenvalue weighted by Crippen LogP contribution is -1.93. The van der Waals surface area contributed by atoms with Gasteiger partial charge in [0.05, 0.1) is 28.5 Å². The Kier molecular flexibility index (Phi) is 15.2. The van der Waals surface area contributed by atoms with Crippen molar-refractivity contribution < 1.29 is 0 Å². The van der Waals surface area contributed by atoms with Crippen molar-refractivity contribution in [3.8, 4) is 56.2 Å². The summed E-state index contributed by atoms with van der Waals surface area (Å²) in [5, 5.41) is 0. The molecule has 5 nitrogen and oxygen atoms in total. The zero-order chi connectivity index (χ0) is 59.0. The van der Waals surface area contributed by atoms with Gasteiger partial charge in [-0.05, 0) is 265 Å². The summed E-state index contributed by atoms with van der Waals surface area (Å²) in [5.74, 6) is 0. The first-order valence-electron chi connectivity index (χ1n) is 29.9. The molecule has 5 aromatic heterocycles. The third-order valence-corrected chi connectivity index (χ3v) is 18.8. The fourth-order valence-electron chi connectivity index (χ4n) is 13.0. The van der Waals surface area contributed by atoms with E-state index in [0.717, 1.165) is 60.6 Å². The molecule has 0 saturated carbocycles. The van der Waals surface area contributed by atoms with E-state index in [9.17, 15) is 0 Å². The summed E-state index contributed by atoms with van der Waals surface area (Å²) in [4.78, 5) is 23.8. The molecular weight excluding hydrogens is 1010 g/mol. The number of hydrogen-bond acceptors (Lipinski definition) is 5. The molecule has 0 spiro atoms. The molecule has 0 bridgehead atoms. The van der Waals surface area contributed by atoms with E-state index < -0.39 is 0 Å². The number of aromatic nitrogens is 5. The number of benzene rings is 5. The zero-order valence-electron chi connectivity index (χ0n) is 52.6. The first kappa shape index (κ1) is 56.7. The first-order valence-corrected chi connectivity index (χ1v) is 29.9. The molecule has 83 heavy (non-hydrogen) atoms. The number of rotatable bonds is 0. The van der Waals surface area contributed by atoms with Gasteiger partial charge in [-0.25, -0.2) is 0 Å². The van der Waals surface area contributed by atoms with Gasteiger partial charge in [0, 0.05) is 88.4 Å². The van der Waals surface area contributed by atoms with Gasteiger partial charge in [-0.2, -0.15) is 0 Å². The summed E-state index contributed by atoms with van der Waals surface area (Å²) in [6.07, 6.45) is 5.18. The Labute approximate surface area is 494 Å². The Morgan fingerprint density at radius 3 is 1.35 bits per heavy atom. The van der Waals surface area contributed by atoms with E-state index in [1.807, 2.05) is 0 Å². The van der Waals surface area contributed by atoms with Crippen molar-refractivity contribution in [1.29, 1.82) is 0 Å². The smallest absolute Gasteiger partial charge is 0.0746 e. The van der Waals surface area contributed by atoms with Crippen molar-refractivity contribution in [3.63, 3.8) is 0 Å². The minimum Gasteiger partial charge on any atom is -0.257 e. The van der Waals surface area contributed by atoms with Crippen molar-refractivity contribution in [3.05, 3.63) is 260 Å². The molecule has 0 radical (unpaired) electrons. The molecule has 0 saturated heterocycles. The van der Waals surface area contributed by atoms with Gasteiger partial charge in [0.15, 0.2) is 0 Å². The summed E-state index contributed by atoms with van der Waals surface area (Å²) in [7, 11) is 0. The largest absolute Gasteiger partial charge is 0.257 e. The van der Waals surface area contributed by atoms with Gasteiger partial charge in [0.1, 0.15) is 0 Å². The summed E-state index contributed by atoms with van der Waals surface area (Å²) >= 11 is 0. The number of fused-ring (bicyclic) bond motifs is 15. The predicted molar refractivity (Wildman–Crippen MR) is 348 cm³/mol. The molecule has 0 N–H and O–H groups in total. The van der Waals surface area contributed by atoms with Crippen LogP contribution in [0.5, 0.6) is 0 Å². The minimum absolute atomic E-state index is 0.993. The van der Waals surface area contributed by atoms with E-state index in [2.05, 4.69) is 233 Å². The maximum atomic E-state index is 4.80. The van der Waals surface area contributed by atoms with E-state index in [1.54, 1.807) is 0 Å². The number of pyridine rings is 5. The monoisotopic (exact) mass is 1090 g/mol. The van der Waals surface area contributed by atoms with E-state index in [0.29, 0.717) is 0 Å². The van der Waals surface area contributed by atoms with Crippen LogP contribution >= 0.6 is 0 Å². The number of aryl methyl sites for hydroxylation is 17. The maximum Gasteiger partial charge on any atom is 0.0746 e. The fourth-order valence-corrected chi connectivity index (χ4v) is 13.0. The van der Waals surface area contributed by atoms with Crippen molar-refractivity contribution in [1.82, 2.24) is 24.9 Å². The van der Waals surface area contributed by atoms with E-state index in [4.69, 9.17) is 19.9 Å². The molecule has 418 valence electrons. The SMILES string of the molecule is Cc1cc(C)c2c(c1)-c1nc(C)c(C)cc1C2.Cc1cc2c(cc1C)-c1nc(C)c(C)cc1C2.Cc1cc2c(nc1C)-c1c(C)ccc(C)c1C2.Cc1cc2c(nc1C)-c1ccc(C)c(C)c1C2.Cc1cc2c(nc1C)Cc1ccccc1-2. The lowest BCUT2D eigenvalue weighted by Gasteiger charge is -2.08. The molecular formula is C78H81N5. The zero-order valence-corrected chi connectivity index (χ0v) is 52.6. The minimum atomic E-state index is 0.993. The first-order chi connectivity index (χ1) is 39.5. The average Bonchev–Trinajstić information content (AvgIpc) is 3.04. The van der Waals surface area contributed by atoms with E-state index in [-0.39, 0.29) is 0 Å². The molecule has 15 rings (SSSR count). The Morgan fingerprint density at radius 2 is 0.711 bits per heavy atom. The van der Waals surface area contributed by atoms with Crippen molar-refractivity contribution in [2.45, 2.75) is 157 Å². The second kappa shape index (κ2) is 22.2. The van der Waals surface area contributed by atoms with Crippen LogP contribution < -0.4 is 0 Å². The van der Waals surface area contributed by atoms with Gasteiger partial charge in [0.2, 0.25) is 0 Å². The van der Waals surface area contributed by atoms with E-state index >= 15 is 0 Å². The Bertz CT molecular complexity index is 4250. The molecule has 0 aliphatic heterocycles. The van der Waals surface area contributed by atoms with Crippen LogP contribution in [-0.2, 0) is 32.1 Å². The van der Waals surface area contributed by atoms with Crippen molar-refractivity contribution in [2.75, 3.05) is 0 Å². The summed E-state index contributed by atoms with van der Waals surface area (Å²) in [5.41, 5.74) is 50.2. The molecule has 0 atom stereocenters. The van der Waals surface area contributed by atoms with Crippen molar-refractivity contribution >= 4 is 0 Å². The molecule has 0 unspecified atom stereocenters. The lowest BCUT2D eigenvalue weighted by molar-refractivity contribution is 1.05. The second-order valence-corrected chi connectivity index (χ2v) is 24.8. The highest BCUT2D eigenvalue weighted by Gasteiger charge is 2.27. The predicted octanol–water partition coefficient (Wildman–Crippen LogP) is 18.8. The highest BCUT2D eigenvalue weighted by atomic mass is 14.8. The molecule has 5 aromatic carbocycles. The van der Waals surface area contributed by atoms with E-state index in [1.165, 1.54) is 184 Å². The van der Waals surface area contributed by atoms with Gasteiger partial charge >= 0.3 is 0 Å². The highest BCUT2D eigenvalue weighted by molar-refractivity contribution is 5.80. The Morgan fingerprint density at radius 1 is 0.253 bits per heavy atom. The van der Waals surface area contributed by atoms with Crippen LogP contribution in [0.25, 0.3) is 56.2 Å². The van der Waals surface area contributed by atoms with Gasteiger partial charge in [-0.1, -0.05) is 90.5 Å². The Hall–Kier alpha value is -8.15. The van der Waals surface area contributed by atoms with Crippen molar-refractivity contribution in [2.24, 2.45) is 0 Å². The quantitative estimate of drug-likeness (QED) is 0.151. The van der Waals surface area contributed by atoms with Crippen LogP contribution in [0.2, 0.25) is 0 Å². The molecule has 5 aliphatic rings. The third kappa shape index (κ3) is 10.7. The maximum absolute atomic E-state index is 4.80. The normalized spacial score (nSPS) is 12.5. The molecule has 0 fully saturated rings. The van der Waals surface area contributed by atoms with Crippen LogP contribution in [0.3, 0.4) is 0 Å². The molecule has 0 amide bonds. The molecule has 5 heteroatoms. The molecule has 10 aromatic rings. The standard InChI is InChI=1S/4C16H17N.C14H13N/c1-9-5-13-8-14-6-11(3)12(4)17-16(14)15(13)7-10(9)2;1-9-5-11(3)14-8-13-7-10(2)12(4)17-16(13)15(14)6-9;1-9-5-6-14-15(11(9)3)8-13-7-10(2)12(4)17-16(13)14;1-9-5-6-10(2)15-14(9)8-13-7-11(3)12(4)17-16(13)15;1-9-7-13-12-6-4-3-5-11(12)8-14(13)15-10(9)2/h4*5-7H,8H2,1-4H3;3-7H,8H2,1-2H3. The van der Waals surface area contributed by atoms with Crippen LogP contribution in [0, 0.1) is 125 Å². The Balaban J connectivity index is 0.000000109. The number of hydrogen-bond donors (Lipinski definition) is 0. The fraction of sp³-hybridized carbons (Fsp3) is 0.295. The third-order valence-electron chi connectivity index (χ3n) is 18.8. The van der Waals surface area contributed by atoms with Crippen LogP contribution in [0.4, 0.5) is 0 Å². The van der Waals surface area contributed by atoms with Crippen LogP contribution in [0.15, 0.2) is 103 Å². The van der Waals surface area contributed by atoms with Gasteiger partial charge in [-0.3, -0.25) is 24.9 Å². The van der Waals surface area contributed by atoms with Gasteiger partial charge in [0.25, 0.3) is 0 Å². The lowest BCUT2D eigenvalue weighted by atomic mass is 9.99. The molecule has 5 heterocycles. The summed E-state index contributed by atoms with van der Waals surface area (Å²) in [6.45, 7) is 38.7.